The van der Waals surface area contributed by atoms with Gasteiger partial charge in [0.25, 0.3) is 0 Å². The van der Waals surface area contributed by atoms with Crippen molar-refractivity contribution in [1.82, 2.24) is 14.9 Å². The molecule has 12 heteroatoms. The molecule has 10 nitrogen and oxygen atoms in total. The molecule has 1 aromatic carbocycles. The molecule has 1 amide bonds. The average Bonchev–Trinajstić information content (AvgIpc) is 2.66. The summed E-state index contributed by atoms with van der Waals surface area (Å²) in [6.07, 6.45) is 0. The lowest BCUT2D eigenvalue weighted by atomic mass is 9.79. The minimum Gasteiger partial charge on any atom is -0.504 e. The topological polar surface area (TPSA) is 145 Å². The van der Waals surface area contributed by atoms with E-state index in [0.29, 0.717) is 0 Å². The molecule has 0 radical (unpaired) electrons. The first-order valence-electron chi connectivity index (χ1n) is 9.40. The van der Waals surface area contributed by atoms with E-state index >= 15 is 0 Å². The number of phenolic OH excluding ortho intramolecular Hbond substituents is 1. The molecule has 0 spiro atoms. The normalized spacial score (nSPS) is 20.4. The molecule has 2 rings (SSSR count). The number of sulfonamides is 1. The van der Waals surface area contributed by atoms with Gasteiger partial charge < -0.3 is 15.7 Å². The number of nitrogens with one attached hydrogen (secondary N) is 3. The van der Waals surface area contributed by atoms with Gasteiger partial charge in [0.2, 0.25) is 27.5 Å². The molecular weight excluding hydrogens is 448 g/mol. The van der Waals surface area contributed by atoms with Crippen LogP contribution in [0.4, 0.5) is 5.69 Å². The van der Waals surface area contributed by atoms with Crippen LogP contribution in [0.1, 0.15) is 20.8 Å². The lowest BCUT2D eigenvalue weighted by Crippen LogP contribution is -2.71. The van der Waals surface area contributed by atoms with Crippen LogP contribution in [0, 0.1) is 5.41 Å². The van der Waals surface area contributed by atoms with Crippen molar-refractivity contribution in [2.24, 2.45) is 5.41 Å². The van der Waals surface area contributed by atoms with Crippen LogP contribution in [0.2, 0.25) is 5.02 Å². The predicted molar refractivity (Wildman–Crippen MR) is 116 cm³/mol. The van der Waals surface area contributed by atoms with Crippen molar-refractivity contribution in [3.05, 3.63) is 17.2 Å². The highest BCUT2D eigenvalue weighted by atomic mass is 35.5. The molecule has 4 N–H and O–H groups in total. The summed E-state index contributed by atoms with van der Waals surface area (Å²) >= 11 is 5.99. The Kier molecular flexibility index (Phi) is 7.06. The second-order valence-corrected chi connectivity index (χ2v) is 11.0. The smallest absolute Gasteiger partial charge is 0.247 e. The van der Waals surface area contributed by atoms with Gasteiger partial charge in [0.15, 0.2) is 5.75 Å². The molecule has 1 aromatic rings. The molecule has 1 aliphatic carbocycles. The number of Topliss-reactive ketones (excluding diaryl/α,β-unsaturated/α-hetero) is 2. The van der Waals surface area contributed by atoms with Crippen LogP contribution in [-0.2, 0) is 24.4 Å². The van der Waals surface area contributed by atoms with Crippen molar-refractivity contribution in [3.63, 3.8) is 0 Å². The number of rotatable bonds is 7. The van der Waals surface area contributed by atoms with Gasteiger partial charge in [-0.25, -0.2) is 12.7 Å². The quantitative estimate of drug-likeness (QED) is 0.327. The molecule has 3 atom stereocenters. The fourth-order valence-corrected chi connectivity index (χ4v) is 4.61. The molecule has 1 aliphatic rings. The van der Waals surface area contributed by atoms with Crippen molar-refractivity contribution in [2.75, 3.05) is 26.5 Å². The van der Waals surface area contributed by atoms with Crippen LogP contribution < -0.4 is 16.0 Å². The molecule has 0 saturated heterocycles. The lowest BCUT2D eigenvalue weighted by Gasteiger charge is -2.40. The highest BCUT2D eigenvalue weighted by Crippen LogP contribution is 2.39. The number of amides is 1. The van der Waals surface area contributed by atoms with Crippen molar-refractivity contribution in [3.8, 4) is 5.75 Å². The second kappa shape index (κ2) is 8.73. The summed E-state index contributed by atoms with van der Waals surface area (Å²) in [5.41, 5.74) is -0.659. The summed E-state index contributed by atoms with van der Waals surface area (Å²) in [7, 11) is -0.0572. The van der Waals surface area contributed by atoms with E-state index in [1.807, 2.05) is 0 Å². The Hall–Kier alpha value is -2.21. The van der Waals surface area contributed by atoms with E-state index in [-0.39, 0.29) is 16.6 Å². The standard InChI is InChI=1S/C19H27ClN4O6S/c1-19(2,3)17(18(28)21-4)23-12-11(14(26)15(12)27)22-10-8-7-9(20)16(13(10)25)31(29,30)24(5)6/h7-8,11-12,17,22-23,25H,1-6H3,(H,21,28)/t11?,12?,17-/m0/s1. The number of aromatic hydroxyl groups is 1. The molecule has 0 heterocycles. The van der Waals surface area contributed by atoms with E-state index in [1.165, 1.54) is 33.3 Å². The summed E-state index contributed by atoms with van der Waals surface area (Å²) in [6, 6.07) is -0.371. The number of benzene rings is 1. The van der Waals surface area contributed by atoms with Crippen LogP contribution in [0.5, 0.6) is 5.75 Å². The predicted octanol–water partition coefficient (Wildman–Crippen LogP) is 0.347. The number of carbonyl (C=O) groups is 3. The zero-order valence-corrected chi connectivity index (χ0v) is 19.7. The fourth-order valence-electron chi connectivity index (χ4n) is 3.14. The first-order valence-corrected chi connectivity index (χ1v) is 11.2. The third-order valence-corrected chi connectivity index (χ3v) is 7.31. The van der Waals surface area contributed by atoms with Gasteiger partial charge in [0.1, 0.15) is 17.0 Å². The van der Waals surface area contributed by atoms with Gasteiger partial charge in [0, 0.05) is 21.1 Å². The monoisotopic (exact) mass is 474 g/mol. The summed E-state index contributed by atoms with van der Waals surface area (Å²) in [5, 5.41) is 18.5. The largest absolute Gasteiger partial charge is 0.504 e. The number of hydrogen-bond donors (Lipinski definition) is 4. The maximum Gasteiger partial charge on any atom is 0.247 e. The molecule has 0 aromatic heterocycles. The number of anilines is 1. The van der Waals surface area contributed by atoms with Gasteiger partial charge in [-0.2, -0.15) is 0 Å². The van der Waals surface area contributed by atoms with E-state index in [1.54, 1.807) is 20.8 Å². The molecule has 172 valence electrons. The van der Waals surface area contributed by atoms with E-state index in [2.05, 4.69) is 16.0 Å². The molecule has 0 bridgehead atoms. The number of carbonyl (C=O) groups excluding carboxylic acids is 3. The van der Waals surface area contributed by atoms with Crippen LogP contribution >= 0.6 is 11.6 Å². The Morgan fingerprint density at radius 1 is 1.16 bits per heavy atom. The maximum atomic E-state index is 12.5. The highest BCUT2D eigenvalue weighted by Gasteiger charge is 2.51. The first kappa shape index (κ1) is 25.1. The Bertz CT molecular complexity index is 1020. The number of likely N-dealkylation sites (N-methyl/N-ethyl adjacent to an activating group) is 1. The van der Waals surface area contributed by atoms with Gasteiger partial charge in [-0.3, -0.25) is 19.7 Å². The number of hydrogen-bond acceptors (Lipinski definition) is 8. The molecular formula is C19H27ClN4O6S. The van der Waals surface area contributed by atoms with Crippen LogP contribution in [0.25, 0.3) is 0 Å². The van der Waals surface area contributed by atoms with Crippen molar-refractivity contribution >= 4 is 44.8 Å². The van der Waals surface area contributed by atoms with Crippen LogP contribution in [-0.4, -0.2) is 74.6 Å². The van der Waals surface area contributed by atoms with Gasteiger partial charge in [0.05, 0.1) is 16.8 Å². The second-order valence-electron chi connectivity index (χ2n) is 8.47. The minimum atomic E-state index is -4.09. The summed E-state index contributed by atoms with van der Waals surface area (Å²) < 4.78 is 25.9. The van der Waals surface area contributed by atoms with E-state index in [0.717, 1.165) is 4.31 Å². The van der Waals surface area contributed by atoms with Gasteiger partial charge in [-0.1, -0.05) is 32.4 Å². The Labute approximate surface area is 186 Å². The lowest BCUT2D eigenvalue weighted by molar-refractivity contribution is -0.146. The fraction of sp³-hybridized carbons (Fsp3) is 0.526. The summed E-state index contributed by atoms with van der Waals surface area (Å²) in [4.78, 5) is 36.2. The third kappa shape index (κ3) is 4.69. The first-order chi connectivity index (χ1) is 14.1. The minimum absolute atomic E-state index is 0.0882. The third-order valence-electron chi connectivity index (χ3n) is 5.00. The SMILES string of the molecule is CNC(=O)[C@H](NC1C(=O)C(=O)C1Nc1ccc(Cl)c(S(=O)(=O)N(C)C)c1O)C(C)(C)C. The molecule has 2 unspecified atom stereocenters. The van der Waals surface area contributed by atoms with Crippen molar-refractivity contribution < 1.29 is 27.9 Å². The Morgan fingerprint density at radius 3 is 2.19 bits per heavy atom. The zero-order valence-electron chi connectivity index (χ0n) is 18.1. The van der Waals surface area contributed by atoms with Gasteiger partial charge in [-0.05, 0) is 17.5 Å². The molecule has 1 saturated carbocycles. The zero-order chi connectivity index (χ0) is 23.9. The van der Waals surface area contributed by atoms with Crippen molar-refractivity contribution in [1.29, 1.82) is 0 Å². The van der Waals surface area contributed by atoms with Gasteiger partial charge in [-0.15, -0.1) is 0 Å². The highest BCUT2D eigenvalue weighted by molar-refractivity contribution is 7.89. The van der Waals surface area contributed by atoms with E-state index < -0.39 is 55.8 Å². The average molecular weight is 475 g/mol. The van der Waals surface area contributed by atoms with Crippen LogP contribution in [0.15, 0.2) is 17.0 Å². The molecule has 31 heavy (non-hydrogen) atoms. The summed E-state index contributed by atoms with van der Waals surface area (Å²) in [5.74, 6) is -2.50. The summed E-state index contributed by atoms with van der Waals surface area (Å²) in [6.45, 7) is 5.41. The van der Waals surface area contributed by atoms with Crippen LogP contribution in [0.3, 0.4) is 0 Å². The Morgan fingerprint density at radius 2 is 1.71 bits per heavy atom. The maximum absolute atomic E-state index is 12.5. The van der Waals surface area contributed by atoms with E-state index in [9.17, 15) is 27.9 Å². The van der Waals surface area contributed by atoms with E-state index in [4.69, 9.17) is 11.6 Å². The molecule has 1 fully saturated rings. The number of nitrogens with zero attached hydrogens (tertiary/aromatic N) is 1. The Balaban J connectivity index is 2.39. The van der Waals surface area contributed by atoms with Crippen molar-refractivity contribution in [2.45, 2.75) is 43.8 Å². The number of halogens is 1. The number of ketones is 2. The molecule has 0 aliphatic heterocycles. The number of phenols is 1. The van der Waals surface area contributed by atoms with Gasteiger partial charge >= 0.3 is 0 Å².